The molecule has 2 aromatic carbocycles. The van der Waals surface area contributed by atoms with Gasteiger partial charge in [0.15, 0.2) is 9.84 Å². The summed E-state index contributed by atoms with van der Waals surface area (Å²) < 4.78 is 28.8. The third-order valence-electron chi connectivity index (χ3n) is 3.06. The zero-order valence-corrected chi connectivity index (χ0v) is 12.8. The van der Waals surface area contributed by atoms with E-state index < -0.39 is 9.84 Å². The van der Waals surface area contributed by atoms with Gasteiger partial charge in [0.2, 0.25) is 0 Å². The number of nitrogens with two attached hydrogens (primary N) is 1. The van der Waals surface area contributed by atoms with E-state index in [0.29, 0.717) is 23.7 Å². The fourth-order valence-corrected chi connectivity index (χ4v) is 2.93. The number of anilines is 2. The van der Waals surface area contributed by atoms with E-state index in [0.717, 1.165) is 5.56 Å². The molecule has 112 valence electrons. The van der Waals surface area contributed by atoms with Crippen molar-refractivity contribution >= 4 is 21.2 Å². The summed E-state index contributed by atoms with van der Waals surface area (Å²) in [5.74, 6) is 0.702. The number of nitrogens with one attached hydrogen (secondary N) is 1. The first-order valence-corrected chi connectivity index (χ1v) is 8.26. The van der Waals surface area contributed by atoms with Crippen LogP contribution < -0.4 is 15.8 Å². The van der Waals surface area contributed by atoms with E-state index in [2.05, 4.69) is 5.32 Å². The molecule has 3 N–H and O–H groups in total. The van der Waals surface area contributed by atoms with Crippen molar-refractivity contribution in [2.24, 2.45) is 0 Å². The van der Waals surface area contributed by atoms with Crippen molar-refractivity contribution in [1.82, 2.24) is 0 Å². The summed E-state index contributed by atoms with van der Waals surface area (Å²) in [7, 11) is -1.70. The first-order chi connectivity index (χ1) is 9.91. The standard InChI is InChI=1S/C15H18N2O3S/c1-20-14-8-7-12(16)9-11(14)10-17-13-5-3-4-6-15(13)21(2,18)19/h3-9,17H,10,16H2,1-2H3. The van der Waals surface area contributed by atoms with Crippen molar-refractivity contribution in [2.45, 2.75) is 11.4 Å². The van der Waals surface area contributed by atoms with Gasteiger partial charge in [0.25, 0.3) is 0 Å². The van der Waals surface area contributed by atoms with Crippen molar-refractivity contribution in [3.63, 3.8) is 0 Å². The minimum atomic E-state index is -3.28. The molecule has 0 amide bonds. The van der Waals surface area contributed by atoms with Crippen molar-refractivity contribution in [3.8, 4) is 5.75 Å². The molecule has 0 aliphatic rings. The van der Waals surface area contributed by atoms with Gasteiger partial charge < -0.3 is 15.8 Å². The van der Waals surface area contributed by atoms with Crippen LogP contribution in [-0.2, 0) is 16.4 Å². The lowest BCUT2D eigenvalue weighted by Gasteiger charge is -2.13. The molecule has 0 radical (unpaired) electrons. The first kappa shape index (κ1) is 15.2. The fourth-order valence-electron chi connectivity index (χ4n) is 2.06. The third-order valence-corrected chi connectivity index (χ3v) is 4.22. The van der Waals surface area contributed by atoms with Gasteiger partial charge in [-0.2, -0.15) is 0 Å². The molecule has 0 aromatic heterocycles. The molecule has 0 heterocycles. The molecule has 0 aliphatic heterocycles. The molecular weight excluding hydrogens is 288 g/mol. The predicted octanol–water partition coefficient (Wildman–Crippen LogP) is 2.29. The van der Waals surface area contributed by atoms with Crippen LogP contribution in [0, 0.1) is 0 Å². The van der Waals surface area contributed by atoms with Gasteiger partial charge in [-0.15, -0.1) is 0 Å². The molecule has 0 aliphatic carbocycles. The monoisotopic (exact) mass is 306 g/mol. The number of ether oxygens (including phenoxy) is 1. The minimum Gasteiger partial charge on any atom is -0.496 e. The highest BCUT2D eigenvalue weighted by molar-refractivity contribution is 7.90. The summed E-state index contributed by atoms with van der Waals surface area (Å²) in [5, 5.41) is 3.12. The summed E-state index contributed by atoms with van der Waals surface area (Å²) in [6.45, 7) is 0.417. The molecule has 0 saturated heterocycles. The Bertz CT molecular complexity index is 742. The van der Waals surface area contributed by atoms with Crippen LogP contribution in [0.25, 0.3) is 0 Å². The minimum absolute atomic E-state index is 0.271. The molecule has 0 atom stereocenters. The van der Waals surface area contributed by atoms with Gasteiger partial charge in [-0.05, 0) is 30.3 Å². The van der Waals surface area contributed by atoms with E-state index in [1.165, 1.54) is 6.26 Å². The molecule has 2 rings (SSSR count). The lowest BCUT2D eigenvalue weighted by molar-refractivity contribution is 0.410. The Morgan fingerprint density at radius 1 is 1.19 bits per heavy atom. The van der Waals surface area contributed by atoms with Gasteiger partial charge >= 0.3 is 0 Å². The Kier molecular flexibility index (Phi) is 4.37. The van der Waals surface area contributed by atoms with Gasteiger partial charge in [-0.1, -0.05) is 12.1 Å². The first-order valence-electron chi connectivity index (χ1n) is 6.37. The molecule has 0 bridgehead atoms. The van der Waals surface area contributed by atoms with Gasteiger partial charge in [-0.25, -0.2) is 8.42 Å². The van der Waals surface area contributed by atoms with Crippen LogP contribution >= 0.6 is 0 Å². The highest BCUT2D eigenvalue weighted by atomic mass is 32.2. The molecule has 6 heteroatoms. The SMILES string of the molecule is COc1ccc(N)cc1CNc1ccccc1S(C)(=O)=O. The Morgan fingerprint density at radius 2 is 1.90 bits per heavy atom. The smallest absolute Gasteiger partial charge is 0.177 e. The number of rotatable bonds is 5. The zero-order chi connectivity index (χ0) is 15.5. The highest BCUT2D eigenvalue weighted by Crippen LogP contribution is 2.25. The highest BCUT2D eigenvalue weighted by Gasteiger charge is 2.12. The second-order valence-corrected chi connectivity index (χ2v) is 6.68. The number of nitrogen functional groups attached to an aromatic ring is 1. The van der Waals surface area contributed by atoms with Crippen LogP contribution in [0.3, 0.4) is 0 Å². The predicted molar refractivity (Wildman–Crippen MR) is 84.3 cm³/mol. The second kappa shape index (κ2) is 6.05. The number of hydrogen-bond acceptors (Lipinski definition) is 5. The van der Waals surface area contributed by atoms with E-state index in [1.54, 1.807) is 49.6 Å². The fraction of sp³-hybridized carbons (Fsp3) is 0.200. The molecule has 0 unspecified atom stereocenters. The second-order valence-electron chi connectivity index (χ2n) is 4.69. The van der Waals surface area contributed by atoms with E-state index in [1.807, 2.05) is 0 Å². The van der Waals surface area contributed by atoms with Crippen molar-refractivity contribution in [3.05, 3.63) is 48.0 Å². The third kappa shape index (κ3) is 3.66. The van der Waals surface area contributed by atoms with Crippen LogP contribution in [0.1, 0.15) is 5.56 Å². The van der Waals surface area contributed by atoms with Gasteiger partial charge in [-0.3, -0.25) is 0 Å². The summed E-state index contributed by atoms with van der Waals surface area (Å²) >= 11 is 0. The molecule has 21 heavy (non-hydrogen) atoms. The Morgan fingerprint density at radius 3 is 2.57 bits per heavy atom. The van der Waals surface area contributed by atoms with E-state index in [9.17, 15) is 8.42 Å². The number of hydrogen-bond donors (Lipinski definition) is 2. The largest absolute Gasteiger partial charge is 0.496 e. The number of para-hydroxylation sites is 1. The van der Waals surface area contributed by atoms with Crippen LogP contribution in [0.5, 0.6) is 5.75 Å². The lowest BCUT2D eigenvalue weighted by atomic mass is 10.1. The number of benzene rings is 2. The molecule has 0 spiro atoms. The Balaban J connectivity index is 2.27. The maximum Gasteiger partial charge on any atom is 0.177 e. The maximum absolute atomic E-state index is 11.8. The van der Waals surface area contributed by atoms with E-state index >= 15 is 0 Å². The summed E-state index contributed by atoms with van der Waals surface area (Å²) in [5.41, 5.74) is 7.82. The lowest BCUT2D eigenvalue weighted by Crippen LogP contribution is -2.07. The molecule has 2 aromatic rings. The molecular formula is C15H18N2O3S. The number of methoxy groups -OCH3 is 1. The Hall–Kier alpha value is -2.21. The number of sulfone groups is 1. The quantitative estimate of drug-likeness (QED) is 0.828. The van der Waals surface area contributed by atoms with Gasteiger partial charge in [0, 0.05) is 24.1 Å². The Labute approximate surface area is 124 Å². The van der Waals surface area contributed by atoms with Crippen LogP contribution in [-0.4, -0.2) is 21.8 Å². The average Bonchev–Trinajstić information content (AvgIpc) is 2.44. The molecule has 0 fully saturated rings. The summed E-state index contributed by atoms with van der Waals surface area (Å²) in [4.78, 5) is 0.271. The normalized spacial score (nSPS) is 11.1. The topological polar surface area (TPSA) is 81.4 Å². The van der Waals surface area contributed by atoms with Crippen LogP contribution in [0.2, 0.25) is 0 Å². The van der Waals surface area contributed by atoms with Crippen LogP contribution in [0.4, 0.5) is 11.4 Å². The summed E-state index contributed by atoms with van der Waals surface area (Å²) in [6, 6.07) is 12.1. The van der Waals surface area contributed by atoms with Crippen molar-refractivity contribution < 1.29 is 13.2 Å². The van der Waals surface area contributed by atoms with Gasteiger partial charge in [0.05, 0.1) is 17.7 Å². The van der Waals surface area contributed by atoms with E-state index in [4.69, 9.17) is 10.5 Å². The maximum atomic E-state index is 11.8. The summed E-state index contributed by atoms with van der Waals surface area (Å²) in [6.07, 6.45) is 1.19. The average molecular weight is 306 g/mol. The molecule has 5 nitrogen and oxygen atoms in total. The van der Waals surface area contributed by atoms with Crippen molar-refractivity contribution in [1.29, 1.82) is 0 Å². The van der Waals surface area contributed by atoms with Gasteiger partial charge in [0.1, 0.15) is 5.75 Å². The molecule has 0 saturated carbocycles. The van der Waals surface area contributed by atoms with Crippen molar-refractivity contribution in [2.75, 3.05) is 24.4 Å². The zero-order valence-electron chi connectivity index (χ0n) is 12.0. The van der Waals surface area contributed by atoms with E-state index in [-0.39, 0.29) is 4.90 Å². The van der Waals surface area contributed by atoms with Crippen LogP contribution in [0.15, 0.2) is 47.4 Å².